The first-order valence-corrected chi connectivity index (χ1v) is 10.7. The molecule has 2 saturated heterocycles. The molecule has 7 heteroatoms. The predicted molar refractivity (Wildman–Crippen MR) is 111 cm³/mol. The van der Waals surface area contributed by atoms with E-state index in [0.717, 1.165) is 6.07 Å². The molecule has 2 N–H and O–H groups in total. The number of aliphatic hydroxyl groups is 1. The van der Waals surface area contributed by atoms with Crippen molar-refractivity contribution in [3.8, 4) is 0 Å². The van der Waals surface area contributed by atoms with Crippen LogP contribution in [-0.4, -0.2) is 41.6 Å². The molecule has 0 saturated carbocycles. The van der Waals surface area contributed by atoms with Gasteiger partial charge in [0, 0.05) is 31.6 Å². The van der Waals surface area contributed by atoms with Crippen molar-refractivity contribution < 1.29 is 23.1 Å². The molecular weight excluding hydrogens is 405 g/mol. The van der Waals surface area contributed by atoms with Crippen LogP contribution in [0.2, 0.25) is 0 Å². The van der Waals surface area contributed by atoms with E-state index in [4.69, 9.17) is 0 Å². The normalized spacial score (nSPS) is 31.1. The van der Waals surface area contributed by atoms with Crippen molar-refractivity contribution in [3.05, 3.63) is 71.0 Å². The van der Waals surface area contributed by atoms with Crippen LogP contribution < -0.4 is 5.32 Å². The lowest BCUT2D eigenvalue weighted by atomic mass is 9.72. The lowest BCUT2D eigenvalue weighted by molar-refractivity contribution is -0.159. The van der Waals surface area contributed by atoms with Crippen molar-refractivity contribution in [1.82, 2.24) is 10.2 Å². The minimum absolute atomic E-state index is 0.135. The van der Waals surface area contributed by atoms with Gasteiger partial charge in [-0.25, -0.2) is 13.2 Å². The van der Waals surface area contributed by atoms with Crippen LogP contribution in [0, 0.1) is 29.3 Å². The molecule has 31 heavy (non-hydrogen) atoms. The van der Waals surface area contributed by atoms with Gasteiger partial charge in [-0.1, -0.05) is 25.1 Å². The van der Waals surface area contributed by atoms with Crippen molar-refractivity contribution in [1.29, 1.82) is 0 Å². The summed E-state index contributed by atoms with van der Waals surface area (Å²) in [5, 5.41) is 14.8. The van der Waals surface area contributed by atoms with Gasteiger partial charge in [-0.2, -0.15) is 0 Å². The van der Waals surface area contributed by atoms with E-state index >= 15 is 0 Å². The highest BCUT2D eigenvalue weighted by molar-refractivity contribution is 5.81. The van der Waals surface area contributed by atoms with E-state index in [2.05, 4.69) is 5.32 Å². The zero-order chi connectivity index (χ0) is 22.3. The number of halogens is 3. The molecule has 0 bridgehead atoms. The van der Waals surface area contributed by atoms with Crippen LogP contribution in [0.15, 0.2) is 42.5 Å². The van der Waals surface area contributed by atoms with E-state index in [1.54, 1.807) is 24.0 Å². The lowest BCUT2D eigenvalue weighted by Gasteiger charge is -2.50. The Morgan fingerprint density at radius 3 is 2.42 bits per heavy atom. The predicted octanol–water partition coefficient (Wildman–Crippen LogP) is 3.55. The maximum Gasteiger partial charge on any atom is 0.227 e. The van der Waals surface area contributed by atoms with Crippen LogP contribution in [0.3, 0.4) is 0 Å². The summed E-state index contributed by atoms with van der Waals surface area (Å²) >= 11 is 0. The molecule has 0 unspecified atom stereocenters. The monoisotopic (exact) mass is 432 g/mol. The van der Waals surface area contributed by atoms with E-state index in [9.17, 15) is 23.1 Å². The van der Waals surface area contributed by atoms with E-state index < -0.39 is 40.9 Å². The van der Waals surface area contributed by atoms with Gasteiger partial charge in [0.25, 0.3) is 0 Å². The highest BCUT2D eigenvalue weighted by Crippen LogP contribution is 2.42. The molecule has 2 aromatic carbocycles. The Bertz CT molecular complexity index is 968. The number of hydrogen-bond donors (Lipinski definition) is 2. The number of hydrogen-bond acceptors (Lipinski definition) is 3. The number of carbonyl (C=O) groups is 1. The quantitative estimate of drug-likeness (QED) is 0.780. The Morgan fingerprint density at radius 1 is 1.06 bits per heavy atom. The summed E-state index contributed by atoms with van der Waals surface area (Å²) in [7, 11) is 0. The van der Waals surface area contributed by atoms with Gasteiger partial charge in [0.05, 0.1) is 12.0 Å². The van der Waals surface area contributed by atoms with Gasteiger partial charge < -0.3 is 15.3 Å². The molecule has 2 aromatic rings. The summed E-state index contributed by atoms with van der Waals surface area (Å²) < 4.78 is 41.2. The Kier molecular flexibility index (Phi) is 5.83. The first-order valence-electron chi connectivity index (χ1n) is 10.7. The standard InChI is InChI=1S/C24H27F3N2O2/c1-14-9-10-29(15(2)24(14,31)16-3-5-17(25)6-4-16)23(30)21-13-28-12-20(21)19-8-7-18(26)11-22(19)27/h3-8,11,14-15,20-21,28,31H,9-10,12-13H2,1-2H3/t14-,15-,20-,21+,24-/m0/s1. The molecule has 4 rings (SSSR count). The number of rotatable bonds is 3. The molecule has 1 amide bonds. The topological polar surface area (TPSA) is 52.6 Å². The maximum absolute atomic E-state index is 14.4. The van der Waals surface area contributed by atoms with E-state index in [-0.39, 0.29) is 11.8 Å². The van der Waals surface area contributed by atoms with Crippen LogP contribution in [0.4, 0.5) is 13.2 Å². The fourth-order valence-corrected chi connectivity index (χ4v) is 5.22. The summed E-state index contributed by atoms with van der Waals surface area (Å²) in [5.41, 5.74) is -0.446. The molecule has 2 aliphatic rings. The van der Waals surface area contributed by atoms with Gasteiger partial charge in [-0.05, 0) is 48.6 Å². The number of nitrogens with one attached hydrogen (secondary N) is 1. The van der Waals surface area contributed by atoms with Crippen molar-refractivity contribution >= 4 is 5.91 Å². The van der Waals surface area contributed by atoms with Gasteiger partial charge in [0.1, 0.15) is 23.1 Å². The van der Waals surface area contributed by atoms with Crippen LogP contribution in [0.5, 0.6) is 0 Å². The lowest BCUT2D eigenvalue weighted by Crippen LogP contribution is -2.60. The van der Waals surface area contributed by atoms with Gasteiger partial charge in [-0.3, -0.25) is 4.79 Å². The first kappa shape index (κ1) is 21.8. The highest BCUT2D eigenvalue weighted by atomic mass is 19.1. The Morgan fingerprint density at radius 2 is 1.74 bits per heavy atom. The number of benzene rings is 2. The van der Waals surface area contributed by atoms with E-state index in [1.165, 1.54) is 24.3 Å². The molecule has 2 heterocycles. The highest BCUT2D eigenvalue weighted by Gasteiger charge is 2.50. The Labute approximate surface area is 180 Å². The fourth-order valence-electron chi connectivity index (χ4n) is 5.22. The number of nitrogens with zero attached hydrogens (tertiary/aromatic N) is 1. The van der Waals surface area contributed by atoms with E-state index in [0.29, 0.717) is 37.2 Å². The summed E-state index contributed by atoms with van der Waals surface area (Å²) in [5.74, 6) is -2.94. The molecule has 0 spiro atoms. The van der Waals surface area contributed by atoms with Crippen LogP contribution >= 0.6 is 0 Å². The number of likely N-dealkylation sites (tertiary alicyclic amines) is 1. The zero-order valence-electron chi connectivity index (χ0n) is 17.6. The second-order valence-electron chi connectivity index (χ2n) is 8.77. The Hall–Kier alpha value is -2.38. The molecule has 0 radical (unpaired) electrons. The second-order valence-corrected chi connectivity index (χ2v) is 8.77. The number of piperidine rings is 1. The average molecular weight is 432 g/mol. The largest absolute Gasteiger partial charge is 0.383 e. The molecule has 2 aliphatic heterocycles. The van der Waals surface area contributed by atoms with Crippen LogP contribution in [0.25, 0.3) is 0 Å². The minimum Gasteiger partial charge on any atom is -0.383 e. The van der Waals surface area contributed by atoms with Gasteiger partial charge in [0.2, 0.25) is 5.91 Å². The third-order valence-electron chi connectivity index (χ3n) is 7.14. The third-order valence-corrected chi connectivity index (χ3v) is 7.14. The summed E-state index contributed by atoms with van der Waals surface area (Å²) in [6.07, 6.45) is 0.583. The molecule has 5 atom stereocenters. The maximum atomic E-state index is 14.4. The fraction of sp³-hybridized carbons (Fsp3) is 0.458. The average Bonchev–Trinajstić information content (AvgIpc) is 3.22. The zero-order valence-corrected chi connectivity index (χ0v) is 17.6. The van der Waals surface area contributed by atoms with Crippen LogP contribution in [0.1, 0.15) is 37.3 Å². The molecule has 4 nitrogen and oxygen atoms in total. The number of carbonyl (C=O) groups excluding carboxylic acids is 1. The molecule has 0 aromatic heterocycles. The van der Waals surface area contributed by atoms with Crippen LogP contribution in [-0.2, 0) is 10.4 Å². The molecule has 2 fully saturated rings. The summed E-state index contributed by atoms with van der Waals surface area (Å²) in [6, 6.07) is 8.63. The first-order chi connectivity index (χ1) is 14.7. The van der Waals surface area contributed by atoms with Crippen molar-refractivity contribution in [2.45, 2.75) is 37.8 Å². The molecule has 0 aliphatic carbocycles. The second kappa shape index (κ2) is 8.28. The number of amides is 1. The summed E-state index contributed by atoms with van der Waals surface area (Å²) in [6.45, 7) is 5.00. The third kappa shape index (κ3) is 3.74. The van der Waals surface area contributed by atoms with Crippen molar-refractivity contribution in [2.24, 2.45) is 11.8 Å². The van der Waals surface area contributed by atoms with E-state index in [1.807, 2.05) is 6.92 Å². The van der Waals surface area contributed by atoms with Gasteiger partial charge in [-0.15, -0.1) is 0 Å². The molecule has 166 valence electrons. The SMILES string of the molecule is C[C@@H]1N(C(=O)[C@@H]2CNC[C@H]2c2ccc(F)cc2F)CC[C@H](C)[C@@]1(O)c1ccc(F)cc1. The summed E-state index contributed by atoms with van der Waals surface area (Å²) in [4.78, 5) is 15.2. The smallest absolute Gasteiger partial charge is 0.227 e. The van der Waals surface area contributed by atoms with Crippen molar-refractivity contribution in [2.75, 3.05) is 19.6 Å². The minimum atomic E-state index is -1.33. The molecular formula is C24H27F3N2O2. The Balaban J connectivity index is 1.62. The van der Waals surface area contributed by atoms with Gasteiger partial charge in [0.15, 0.2) is 0 Å². The van der Waals surface area contributed by atoms with Crippen molar-refractivity contribution in [3.63, 3.8) is 0 Å². The van der Waals surface area contributed by atoms with Gasteiger partial charge >= 0.3 is 0 Å².